The second-order valence-corrected chi connectivity index (χ2v) is 5.64. The van der Waals surface area contributed by atoms with Gasteiger partial charge in [-0.2, -0.15) is 0 Å². The van der Waals surface area contributed by atoms with Crippen LogP contribution in [0.25, 0.3) is 0 Å². The highest BCUT2D eigenvalue weighted by molar-refractivity contribution is 5.98. The van der Waals surface area contributed by atoms with E-state index in [1.54, 1.807) is 25.6 Å². The molecule has 2 bridgehead atoms. The molecular weight excluding hydrogens is 240 g/mol. The summed E-state index contributed by atoms with van der Waals surface area (Å²) < 4.78 is 5.14. The third-order valence-corrected chi connectivity index (χ3v) is 4.32. The molecule has 0 amide bonds. The molecule has 1 N–H and O–H groups in total. The molecule has 0 aliphatic carbocycles. The molecule has 1 aromatic heterocycles. The zero-order valence-corrected chi connectivity index (χ0v) is 11.3. The summed E-state index contributed by atoms with van der Waals surface area (Å²) in [4.78, 5) is 16.7. The first-order chi connectivity index (χ1) is 9.26. The smallest absolute Gasteiger partial charge is 0.167 e. The van der Waals surface area contributed by atoms with Gasteiger partial charge in [0.2, 0.25) is 0 Å². The lowest BCUT2D eigenvalue weighted by Crippen LogP contribution is -2.50. The fourth-order valence-corrected chi connectivity index (χ4v) is 3.38. The first-order valence-electron chi connectivity index (χ1n) is 7.05. The second kappa shape index (κ2) is 5.29. The van der Waals surface area contributed by atoms with E-state index >= 15 is 0 Å². The van der Waals surface area contributed by atoms with Crippen molar-refractivity contribution in [3.05, 3.63) is 24.0 Å². The van der Waals surface area contributed by atoms with Gasteiger partial charge in [-0.05, 0) is 31.7 Å². The Hall–Kier alpha value is -1.42. The number of piperidine rings is 2. The van der Waals surface area contributed by atoms with Gasteiger partial charge in [-0.15, -0.1) is 0 Å². The Bertz CT molecular complexity index is 463. The number of aromatic nitrogens is 1. The Morgan fingerprint density at radius 1 is 1.32 bits per heavy atom. The van der Waals surface area contributed by atoms with E-state index < -0.39 is 0 Å². The maximum Gasteiger partial charge on any atom is 0.167 e. The number of nitrogens with one attached hydrogen (secondary N) is 1. The van der Waals surface area contributed by atoms with Crippen molar-refractivity contribution in [2.24, 2.45) is 5.92 Å². The standard InChI is InChI=1S/C15H20N2O2/c1-19-14-7-11(8-16-9-14)15(18)10-5-12-3-2-4-13(6-10)17-12/h7-10,12-13,17H,2-6H2,1H3. The molecule has 4 heteroatoms. The van der Waals surface area contributed by atoms with E-state index in [2.05, 4.69) is 10.3 Å². The fourth-order valence-electron chi connectivity index (χ4n) is 3.38. The molecule has 3 heterocycles. The quantitative estimate of drug-likeness (QED) is 0.846. The third-order valence-electron chi connectivity index (χ3n) is 4.32. The molecule has 3 rings (SSSR count). The van der Waals surface area contributed by atoms with Crippen LogP contribution in [0.4, 0.5) is 0 Å². The van der Waals surface area contributed by atoms with Crippen LogP contribution < -0.4 is 10.1 Å². The van der Waals surface area contributed by atoms with E-state index in [1.807, 2.05) is 0 Å². The highest BCUT2D eigenvalue weighted by Gasteiger charge is 2.34. The van der Waals surface area contributed by atoms with Gasteiger partial charge in [0.05, 0.1) is 13.3 Å². The minimum atomic E-state index is 0.144. The Labute approximate surface area is 113 Å². The van der Waals surface area contributed by atoms with Crippen molar-refractivity contribution in [3.8, 4) is 5.75 Å². The molecule has 2 fully saturated rings. The molecule has 102 valence electrons. The first kappa shape index (κ1) is 12.6. The average Bonchev–Trinajstić information content (AvgIpc) is 2.46. The van der Waals surface area contributed by atoms with E-state index in [-0.39, 0.29) is 11.7 Å². The van der Waals surface area contributed by atoms with Gasteiger partial charge in [0.25, 0.3) is 0 Å². The van der Waals surface area contributed by atoms with Crippen molar-refractivity contribution in [2.45, 2.75) is 44.2 Å². The van der Waals surface area contributed by atoms with E-state index in [4.69, 9.17) is 4.74 Å². The maximum absolute atomic E-state index is 12.6. The normalized spacial score (nSPS) is 29.8. The molecule has 0 aromatic carbocycles. The summed E-state index contributed by atoms with van der Waals surface area (Å²) in [5, 5.41) is 3.62. The monoisotopic (exact) mass is 260 g/mol. The number of Topliss-reactive ketones (excluding diaryl/α,β-unsaturated/α-hetero) is 1. The van der Waals surface area contributed by atoms with Crippen molar-refractivity contribution in [2.75, 3.05) is 7.11 Å². The second-order valence-electron chi connectivity index (χ2n) is 5.64. The van der Waals surface area contributed by atoms with Gasteiger partial charge in [-0.3, -0.25) is 9.78 Å². The van der Waals surface area contributed by atoms with Crippen LogP contribution in [0.15, 0.2) is 18.5 Å². The topological polar surface area (TPSA) is 51.2 Å². The van der Waals surface area contributed by atoms with E-state index in [0.717, 1.165) is 12.8 Å². The van der Waals surface area contributed by atoms with Crippen LogP contribution in [0.1, 0.15) is 42.5 Å². The van der Waals surface area contributed by atoms with Gasteiger partial charge in [0.15, 0.2) is 5.78 Å². The number of ketones is 1. The predicted octanol–water partition coefficient (Wildman–Crippen LogP) is 2.19. The number of nitrogens with zero attached hydrogens (tertiary/aromatic N) is 1. The SMILES string of the molecule is COc1cncc(C(=O)C2CC3CCCC(C2)N3)c1. The molecule has 2 unspecified atom stereocenters. The summed E-state index contributed by atoms with van der Waals surface area (Å²) in [6.07, 6.45) is 8.92. The number of carbonyl (C=O) groups excluding carboxylic acids is 1. The summed E-state index contributed by atoms with van der Waals surface area (Å²) in [5.74, 6) is 1.02. The lowest BCUT2D eigenvalue weighted by molar-refractivity contribution is 0.0824. The molecule has 0 radical (unpaired) electrons. The van der Waals surface area contributed by atoms with Gasteiger partial charge >= 0.3 is 0 Å². The molecule has 0 saturated carbocycles. The largest absolute Gasteiger partial charge is 0.495 e. The van der Waals surface area contributed by atoms with Crippen molar-refractivity contribution in [1.82, 2.24) is 10.3 Å². The number of rotatable bonds is 3. The zero-order chi connectivity index (χ0) is 13.2. The van der Waals surface area contributed by atoms with Crippen LogP contribution >= 0.6 is 0 Å². The van der Waals surface area contributed by atoms with Crippen molar-refractivity contribution >= 4 is 5.78 Å². The number of ether oxygens (including phenoxy) is 1. The third kappa shape index (κ3) is 2.63. The number of fused-ring (bicyclic) bond motifs is 2. The van der Waals surface area contributed by atoms with Crippen LogP contribution in [0.3, 0.4) is 0 Å². The van der Waals surface area contributed by atoms with Crippen molar-refractivity contribution < 1.29 is 9.53 Å². The van der Waals surface area contributed by atoms with Crippen LogP contribution in [0.2, 0.25) is 0 Å². The molecule has 19 heavy (non-hydrogen) atoms. The lowest BCUT2D eigenvalue weighted by atomic mass is 9.77. The molecular formula is C15H20N2O2. The Kier molecular flexibility index (Phi) is 3.51. The molecule has 1 aromatic rings. The van der Waals surface area contributed by atoms with Crippen LogP contribution in [-0.4, -0.2) is 30.0 Å². The summed E-state index contributed by atoms with van der Waals surface area (Å²) in [5.41, 5.74) is 0.685. The minimum absolute atomic E-state index is 0.144. The lowest BCUT2D eigenvalue weighted by Gasteiger charge is -2.39. The summed E-state index contributed by atoms with van der Waals surface area (Å²) >= 11 is 0. The van der Waals surface area contributed by atoms with E-state index in [9.17, 15) is 4.79 Å². The molecule has 2 atom stereocenters. The van der Waals surface area contributed by atoms with Crippen LogP contribution in [0, 0.1) is 5.92 Å². The van der Waals surface area contributed by atoms with Gasteiger partial charge in [-0.1, -0.05) is 6.42 Å². The Balaban J connectivity index is 1.76. The highest BCUT2D eigenvalue weighted by atomic mass is 16.5. The molecule has 2 aliphatic heterocycles. The fraction of sp³-hybridized carbons (Fsp3) is 0.600. The van der Waals surface area contributed by atoms with Crippen LogP contribution in [-0.2, 0) is 0 Å². The first-order valence-corrected chi connectivity index (χ1v) is 7.05. The van der Waals surface area contributed by atoms with Gasteiger partial charge in [0.1, 0.15) is 5.75 Å². The number of pyridine rings is 1. The van der Waals surface area contributed by atoms with Crippen LogP contribution in [0.5, 0.6) is 5.75 Å². The molecule has 4 nitrogen and oxygen atoms in total. The number of hydrogen-bond donors (Lipinski definition) is 1. The van der Waals surface area contributed by atoms with Gasteiger partial charge < -0.3 is 10.1 Å². The summed E-state index contributed by atoms with van der Waals surface area (Å²) in [6.45, 7) is 0. The van der Waals surface area contributed by atoms with Crippen molar-refractivity contribution in [1.29, 1.82) is 0 Å². The molecule has 2 aliphatic rings. The summed E-state index contributed by atoms with van der Waals surface area (Å²) in [7, 11) is 1.60. The maximum atomic E-state index is 12.6. The number of hydrogen-bond acceptors (Lipinski definition) is 4. The van der Waals surface area contributed by atoms with Gasteiger partial charge in [-0.25, -0.2) is 0 Å². The minimum Gasteiger partial charge on any atom is -0.495 e. The highest BCUT2D eigenvalue weighted by Crippen LogP contribution is 2.31. The van der Waals surface area contributed by atoms with Gasteiger partial charge in [0, 0.05) is 29.8 Å². The average molecular weight is 260 g/mol. The van der Waals surface area contributed by atoms with Crippen molar-refractivity contribution in [3.63, 3.8) is 0 Å². The zero-order valence-electron chi connectivity index (χ0n) is 11.3. The van der Waals surface area contributed by atoms with E-state index in [0.29, 0.717) is 23.4 Å². The summed E-state index contributed by atoms with van der Waals surface area (Å²) in [6, 6.07) is 2.85. The molecule has 2 saturated heterocycles. The molecule has 0 spiro atoms. The number of methoxy groups -OCH3 is 1. The number of carbonyl (C=O) groups is 1. The predicted molar refractivity (Wildman–Crippen MR) is 72.4 cm³/mol. The van der Waals surface area contributed by atoms with E-state index in [1.165, 1.54) is 19.3 Å². The Morgan fingerprint density at radius 2 is 2.05 bits per heavy atom. The Morgan fingerprint density at radius 3 is 2.74 bits per heavy atom.